The van der Waals surface area contributed by atoms with E-state index in [0.29, 0.717) is 5.95 Å². The number of imidazole rings is 1. The van der Waals surface area contributed by atoms with Crippen LogP contribution in [0.4, 0.5) is 10.3 Å². The van der Waals surface area contributed by atoms with Crippen LogP contribution in [0, 0.1) is 5.82 Å². The molecule has 0 aliphatic rings. The summed E-state index contributed by atoms with van der Waals surface area (Å²) in [6, 6.07) is 9.99. The highest BCUT2D eigenvalue weighted by Gasteiger charge is 2.06. The second-order valence-electron chi connectivity index (χ2n) is 4.10. The zero-order chi connectivity index (χ0) is 13.9. The van der Waals surface area contributed by atoms with Crippen LogP contribution in [-0.4, -0.2) is 15.9 Å². The van der Waals surface area contributed by atoms with E-state index >= 15 is 0 Å². The number of anilines is 1. The standard InChI is InChI=1S/C14H11FN4S/c15-11-5-3-10(4-6-11)8-17-19-9-12(18-14(19)16)13-2-1-7-20-13/h1-9H,(H2,16,18). The SMILES string of the molecule is Nc1nc(-c2cccs2)cn1N=Cc1ccc(F)cc1. The van der Waals surface area contributed by atoms with Crippen molar-refractivity contribution in [3.63, 3.8) is 0 Å². The number of benzene rings is 1. The number of nitrogen functional groups attached to an aromatic ring is 1. The molecule has 0 unspecified atom stereocenters. The van der Waals surface area contributed by atoms with Gasteiger partial charge in [-0.25, -0.2) is 14.1 Å². The molecule has 6 heteroatoms. The van der Waals surface area contributed by atoms with E-state index < -0.39 is 0 Å². The van der Waals surface area contributed by atoms with E-state index in [4.69, 9.17) is 5.73 Å². The molecule has 0 atom stereocenters. The summed E-state index contributed by atoms with van der Waals surface area (Å²) in [5.41, 5.74) is 7.39. The van der Waals surface area contributed by atoms with Crippen LogP contribution in [0.2, 0.25) is 0 Å². The van der Waals surface area contributed by atoms with Crippen molar-refractivity contribution in [2.45, 2.75) is 0 Å². The van der Waals surface area contributed by atoms with Crippen molar-refractivity contribution >= 4 is 23.5 Å². The van der Waals surface area contributed by atoms with Gasteiger partial charge >= 0.3 is 0 Å². The quantitative estimate of drug-likeness (QED) is 0.752. The molecule has 1 aromatic carbocycles. The van der Waals surface area contributed by atoms with E-state index in [1.54, 1.807) is 35.9 Å². The summed E-state index contributed by atoms with van der Waals surface area (Å²) in [6.45, 7) is 0. The maximum atomic E-state index is 12.8. The lowest BCUT2D eigenvalue weighted by Crippen LogP contribution is -1.96. The van der Waals surface area contributed by atoms with Crippen molar-refractivity contribution in [2.75, 3.05) is 5.73 Å². The predicted octanol–water partition coefficient (Wildman–Crippen LogP) is 3.22. The van der Waals surface area contributed by atoms with E-state index in [1.807, 2.05) is 17.5 Å². The molecule has 0 saturated heterocycles. The van der Waals surface area contributed by atoms with Gasteiger partial charge in [0.1, 0.15) is 11.5 Å². The highest BCUT2D eigenvalue weighted by molar-refractivity contribution is 7.13. The number of rotatable bonds is 3. The summed E-state index contributed by atoms with van der Waals surface area (Å²) >= 11 is 1.59. The lowest BCUT2D eigenvalue weighted by molar-refractivity contribution is 0.628. The first-order valence-electron chi connectivity index (χ1n) is 5.91. The highest BCUT2D eigenvalue weighted by Crippen LogP contribution is 2.24. The van der Waals surface area contributed by atoms with Crippen LogP contribution < -0.4 is 5.73 Å². The summed E-state index contributed by atoms with van der Waals surface area (Å²) in [5, 5.41) is 6.20. The number of hydrogen-bond donors (Lipinski definition) is 1. The van der Waals surface area contributed by atoms with Gasteiger partial charge in [-0.15, -0.1) is 11.3 Å². The Morgan fingerprint density at radius 1 is 1.25 bits per heavy atom. The van der Waals surface area contributed by atoms with Crippen molar-refractivity contribution in [1.29, 1.82) is 0 Å². The van der Waals surface area contributed by atoms with Crippen LogP contribution in [0.15, 0.2) is 53.1 Å². The van der Waals surface area contributed by atoms with Crippen molar-refractivity contribution in [1.82, 2.24) is 9.66 Å². The number of hydrogen-bond acceptors (Lipinski definition) is 4. The zero-order valence-electron chi connectivity index (χ0n) is 10.4. The van der Waals surface area contributed by atoms with E-state index in [-0.39, 0.29) is 5.82 Å². The number of nitrogens with two attached hydrogens (primary N) is 1. The molecule has 0 saturated carbocycles. The van der Waals surface area contributed by atoms with Gasteiger partial charge in [0.2, 0.25) is 5.95 Å². The van der Waals surface area contributed by atoms with Crippen LogP contribution in [0.3, 0.4) is 0 Å². The lowest BCUT2D eigenvalue weighted by atomic mass is 10.2. The molecule has 0 fully saturated rings. The molecule has 2 heterocycles. The minimum atomic E-state index is -0.274. The maximum absolute atomic E-state index is 12.8. The van der Waals surface area contributed by atoms with Gasteiger partial charge in [-0.05, 0) is 29.1 Å². The Bertz CT molecular complexity index is 729. The monoisotopic (exact) mass is 286 g/mol. The Morgan fingerprint density at radius 3 is 2.75 bits per heavy atom. The number of halogens is 1. The van der Waals surface area contributed by atoms with Crippen molar-refractivity contribution in [3.8, 4) is 10.6 Å². The van der Waals surface area contributed by atoms with Gasteiger partial charge in [-0.2, -0.15) is 5.10 Å². The van der Waals surface area contributed by atoms with E-state index in [0.717, 1.165) is 16.1 Å². The fourth-order valence-corrected chi connectivity index (χ4v) is 2.38. The molecule has 20 heavy (non-hydrogen) atoms. The normalized spacial score (nSPS) is 11.2. The number of thiophene rings is 1. The summed E-state index contributed by atoms with van der Waals surface area (Å²) in [5.74, 6) is 0.0380. The first kappa shape index (κ1) is 12.6. The summed E-state index contributed by atoms with van der Waals surface area (Å²) < 4.78 is 14.3. The largest absolute Gasteiger partial charge is 0.368 e. The molecule has 2 N–H and O–H groups in total. The molecule has 4 nitrogen and oxygen atoms in total. The average molecular weight is 286 g/mol. The van der Waals surface area contributed by atoms with Crippen LogP contribution in [0.25, 0.3) is 10.6 Å². The van der Waals surface area contributed by atoms with Gasteiger partial charge in [-0.1, -0.05) is 18.2 Å². The molecular formula is C14H11FN4S. The van der Waals surface area contributed by atoms with Crippen molar-refractivity contribution in [2.24, 2.45) is 5.10 Å². The molecule has 3 aromatic rings. The third-order valence-electron chi connectivity index (χ3n) is 2.69. The molecule has 0 spiro atoms. The molecular weight excluding hydrogens is 275 g/mol. The van der Waals surface area contributed by atoms with Crippen LogP contribution in [0.5, 0.6) is 0 Å². The van der Waals surface area contributed by atoms with Crippen LogP contribution in [-0.2, 0) is 0 Å². The van der Waals surface area contributed by atoms with Crippen molar-refractivity contribution < 1.29 is 4.39 Å². The molecule has 0 aliphatic heterocycles. The van der Waals surface area contributed by atoms with E-state index in [2.05, 4.69) is 10.1 Å². The molecule has 0 bridgehead atoms. The Labute approximate surface area is 119 Å². The summed E-state index contributed by atoms with van der Waals surface area (Å²) in [7, 11) is 0. The topological polar surface area (TPSA) is 56.2 Å². The van der Waals surface area contributed by atoms with Crippen molar-refractivity contribution in [3.05, 3.63) is 59.4 Å². The van der Waals surface area contributed by atoms with Crippen LogP contribution >= 0.6 is 11.3 Å². The third-order valence-corrected chi connectivity index (χ3v) is 3.58. The Kier molecular flexibility index (Phi) is 3.30. The first-order chi connectivity index (χ1) is 9.72. The molecule has 0 radical (unpaired) electrons. The Balaban J connectivity index is 1.86. The van der Waals surface area contributed by atoms with Gasteiger partial charge in [0.25, 0.3) is 0 Å². The minimum absolute atomic E-state index is 0.274. The zero-order valence-corrected chi connectivity index (χ0v) is 11.2. The van der Waals surface area contributed by atoms with E-state index in [1.165, 1.54) is 16.8 Å². The Morgan fingerprint density at radius 2 is 2.05 bits per heavy atom. The Hall–Kier alpha value is -2.47. The van der Waals surface area contributed by atoms with Gasteiger partial charge in [-0.3, -0.25) is 0 Å². The molecule has 0 aliphatic carbocycles. The number of aromatic nitrogens is 2. The van der Waals surface area contributed by atoms with Crippen LogP contribution in [0.1, 0.15) is 5.56 Å². The lowest BCUT2D eigenvalue weighted by Gasteiger charge is -1.95. The molecule has 100 valence electrons. The molecule has 2 aromatic heterocycles. The van der Waals surface area contributed by atoms with E-state index in [9.17, 15) is 4.39 Å². The third kappa shape index (κ3) is 2.60. The number of nitrogens with zero attached hydrogens (tertiary/aromatic N) is 3. The fraction of sp³-hybridized carbons (Fsp3) is 0. The van der Waals surface area contributed by atoms with Gasteiger partial charge in [0, 0.05) is 0 Å². The molecule has 3 rings (SSSR count). The fourth-order valence-electron chi connectivity index (χ4n) is 1.70. The highest BCUT2D eigenvalue weighted by atomic mass is 32.1. The van der Waals surface area contributed by atoms with Gasteiger partial charge < -0.3 is 5.73 Å². The first-order valence-corrected chi connectivity index (χ1v) is 6.79. The summed E-state index contributed by atoms with van der Waals surface area (Å²) in [4.78, 5) is 5.29. The van der Waals surface area contributed by atoms with Gasteiger partial charge in [0.15, 0.2) is 0 Å². The maximum Gasteiger partial charge on any atom is 0.221 e. The predicted molar refractivity (Wildman–Crippen MR) is 79.3 cm³/mol. The van der Waals surface area contributed by atoms with Gasteiger partial charge in [0.05, 0.1) is 17.3 Å². The smallest absolute Gasteiger partial charge is 0.221 e. The molecule has 0 amide bonds. The summed E-state index contributed by atoms with van der Waals surface area (Å²) in [6.07, 6.45) is 3.37. The second kappa shape index (κ2) is 5.26. The average Bonchev–Trinajstić information content (AvgIpc) is 3.08. The second-order valence-corrected chi connectivity index (χ2v) is 5.05. The minimum Gasteiger partial charge on any atom is -0.368 e.